The van der Waals surface area contributed by atoms with Crippen molar-refractivity contribution in [3.8, 4) is 0 Å². The second-order valence-electron chi connectivity index (χ2n) is 2.15. The third kappa shape index (κ3) is 7.17. The maximum Gasteiger partial charge on any atom is 0.305 e. The van der Waals surface area contributed by atoms with Gasteiger partial charge in [0.05, 0.1) is 19.6 Å². The number of hydrogen-bond acceptors (Lipinski definition) is 2. The summed E-state index contributed by atoms with van der Waals surface area (Å²) in [5.41, 5.74) is 0.908. The summed E-state index contributed by atoms with van der Waals surface area (Å²) in [6, 6.07) is 0. The topological polar surface area (TPSA) is 46.5 Å². The number of hydrogen-bond donors (Lipinski definition) is 1. The average molecular weight is 144 g/mol. The van der Waals surface area contributed by atoms with Crippen LogP contribution in [-0.4, -0.2) is 24.3 Å². The quantitative estimate of drug-likeness (QED) is 0.463. The number of rotatable bonds is 5. The van der Waals surface area contributed by atoms with E-state index in [1.165, 1.54) is 0 Å². The van der Waals surface area contributed by atoms with Gasteiger partial charge in [-0.05, 0) is 6.92 Å². The van der Waals surface area contributed by atoms with Crippen LogP contribution in [0.5, 0.6) is 0 Å². The Morgan fingerprint density at radius 2 is 2.30 bits per heavy atom. The van der Waals surface area contributed by atoms with Gasteiger partial charge in [-0.3, -0.25) is 4.79 Å². The van der Waals surface area contributed by atoms with Crippen LogP contribution in [0, 0.1) is 0 Å². The van der Waals surface area contributed by atoms with Crippen LogP contribution >= 0.6 is 0 Å². The van der Waals surface area contributed by atoms with Gasteiger partial charge in [-0.1, -0.05) is 12.2 Å². The fourth-order valence-corrected chi connectivity index (χ4v) is 0.406. The minimum Gasteiger partial charge on any atom is -0.481 e. The molecule has 3 heteroatoms. The van der Waals surface area contributed by atoms with Crippen molar-refractivity contribution >= 4 is 5.97 Å². The molecule has 0 aliphatic carbocycles. The van der Waals surface area contributed by atoms with Gasteiger partial charge >= 0.3 is 5.97 Å². The maximum absolute atomic E-state index is 9.94. The number of carboxylic acid groups (broad SMARTS) is 1. The van der Waals surface area contributed by atoms with Crippen molar-refractivity contribution in [1.29, 1.82) is 0 Å². The van der Waals surface area contributed by atoms with Crippen LogP contribution < -0.4 is 0 Å². The zero-order valence-corrected chi connectivity index (χ0v) is 6.09. The smallest absolute Gasteiger partial charge is 0.305 e. The van der Waals surface area contributed by atoms with Gasteiger partial charge in [-0.2, -0.15) is 0 Å². The van der Waals surface area contributed by atoms with Crippen molar-refractivity contribution in [3.63, 3.8) is 0 Å². The zero-order chi connectivity index (χ0) is 7.98. The molecule has 0 heterocycles. The Balaban J connectivity index is 3.06. The standard InChI is InChI=1S/C7H12O3/c1-6(2)5-10-4-3-7(8)9/h1,3-5H2,2H3,(H,8,9). The molecule has 0 atom stereocenters. The number of carboxylic acids is 1. The van der Waals surface area contributed by atoms with Gasteiger partial charge in [0.1, 0.15) is 0 Å². The molecule has 0 aromatic heterocycles. The fraction of sp³-hybridized carbons (Fsp3) is 0.571. The van der Waals surface area contributed by atoms with Crippen LogP contribution in [0.2, 0.25) is 0 Å². The first-order chi connectivity index (χ1) is 4.63. The predicted molar refractivity (Wildman–Crippen MR) is 37.9 cm³/mol. The largest absolute Gasteiger partial charge is 0.481 e. The van der Waals surface area contributed by atoms with Crippen molar-refractivity contribution in [2.45, 2.75) is 13.3 Å². The van der Waals surface area contributed by atoms with Crippen LogP contribution in [0.25, 0.3) is 0 Å². The molecule has 0 fully saturated rings. The Hall–Kier alpha value is -0.830. The Kier molecular flexibility index (Phi) is 4.58. The predicted octanol–water partition coefficient (Wildman–Crippen LogP) is 1.05. The highest BCUT2D eigenvalue weighted by atomic mass is 16.5. The highest BCUT2D eigenvalue weighted by molar-refractivity contribution is 5.66. The molecule has 0 spiro atoms. The fourth-order valence-electron chi connectivity index (χ4n) is 0.406. The first kappa shape index (κ1) is 9.17. The van der Waals surface area contributed by atoms with Crippen LogP contribution in [-0.2, 0) is 9.53 Å². The van der Waals surface area contributed by atoms with E-state index in [2.05, 4.69) is 6.58 Å². The van der Waals surface area contributed by atoms with E-state index in [9.17, 15) is 4.79 Å². The highest BCUT2D eigenvalue weighted by Gasteiger charge is 1.94. The summed E-state index contributed by atoms with van der Waals surface area (Å²) < 4.78 is 4.93. The summed E-state index contributed by atoms with van der Waals surface area (Å²) in [6.45, 7) is 6.15. The van der Waals surface area contributed by atoms with Crippen molar-refractivity contribution in [2.24, 2.45) is 0 Å². The second-order valence-corrected chi connectivity index (χ2v) is 2.15. The van der Waals surface area contributed by atoms with Crippen molar-refractivity contribution in [3.05, 3.63) is 12.2 Å². The molecular weight excluding hydrogens is 132 g/mol. The van der Waals surface area contributed by atoms with Gasteiger partial charge in [-0.25, -0.2) is 0 Å². The summed E-state index contributed by atoms with van der Waals surface area (Å²) in [4.78, 5) is 9.94. The molecule has 0 saturated carbocycles. The highest BCUT2D eigenvalue weighted by Crippen LogP contribution is 1.89. The molecule has 0 radical (unpaired) electrons. The Morgan fingerprint density at radius 1 is 1.70 bits per heavy atom. The van der Waals surface area contributed by atoms with E-state index in [-0.39, 0.29) is 13.0 Å². The van der Waals surface area contributed by atoms with Crippen molar-refractivity contribution in [2.75, 3.05) is 13.2 Å². The van der Waals surface area contributed by atoms with E-state index in [0.29, 0.717) is 6.61 Å². The molecule has 0 saturated heterocycles. The van der Waals surface area contributed by atoms with Gasteiger partial charge in [-0.15, -0.1) is 0 Å². The molecule has 0 bridgehead atoms. The van der Waals surface area contributed by atoms with E-state index >= 15 is 0 Å². The summed E-state index contributed by atoms with van der Waals surface area (Å²) in [7, 11) is 0. The van der Waals surface area contributed by atoms with Gasteiger partial charge in [0.15, 0.2) is 0 Å². The van der Waals surface area contributed by atoms with Gasteiger partial charge in [0, 0.05) is 0 Å². The third-order valence-electron chi connectivity index (χ3n) is 0.809. The number of ether oxygens (including phenoxy) is 1. The molecule has 0 unspecified atom stereocenters. The van der Waals surface area contributed by atoms with Crippen molar-refractivity contribution in [1.82, 2.24) is 0 Å². The van der Waals surface area contributed by atoms with Gasteiger partial charge < -0.3 is 9.84 Å². The van der Waals surface area contributed by atoms with Crippen LogP contribution in [0.1, 0.15) is 13.3 Å². The lowest BCUT2D eigenvalue weighted by atomic mass is 10.4. The summed E-state index contributed by atoms with van der Waals surface area (Å²) >= 11 is 0. The average Bonchev–Trinajstić information content (AvgIpc) is 1.79. The molecule has 10 heavy (non-hydrogen) atoms. The van der Waals surface area contributed by atoms with E-state index in [4.69, 9.17) is 9.84 Å². The SMILES string of the molecule is C=C(C)COCCC(=O)O. The number of aliphatic carboxylic acids is 1. The van der Waals surface area contributed by atoms with E-state index in [0.717, 1.165) is 5.57 Å². The molecule has 0 aromatic rings. The molecule has 0 aromatic carbocycles. The van der Waals surface area contributed by atoms with Crippen molar-refractivity contribution < 1.29 is 14.6 Å². The van der Waals surface area contributed by atoms with E-state index in [1.54, 1.807) is 0 Å². The van der Waals surface area contributed by atoms with Crippen LogP contribution in [0.4, 0.5) is 0 Å². The minimum absolute atomic E-state index is 0.0628. The summed E-state index contributed by atoms with van der Waals surface area (Å²) in [5, 5.41) is 8.18. The van der Waals surface area contributed by atoms with Crippen LogP contribution in [0.3, 0.4) is 0 Å². The first-order valence-corrected chi connectivity index (χ1v) is 3.07. The normalized spacial score (nSPS) is 9.30. The second kappa shape index (κ2) is 4.99. The Labute approximate surface area is 60.3 Å². The molecule has 0 amide bonds. The third-order valence-corrected chi connectivity index (χ3v) is 0.809. The maximum atomic E-state index is 9.94. The monoisotopic (exact) mass is 144 g/mol. The number of carbonyl (C=O) groups is 1. The minimum atomic E-state index is -0.832. The summed E-state index contributed by atoms with van der Waals surface area (Å²) in [5.74, 6) is -0.832. The van der Waals surface area contributed by atoms with E-state index < -0.39 is 5.97 Å². The molecule has 3 nitrogen and oxygen atoms in total. The first-order valence-electron chi connectivity index (χ1n) is 3.07. The Morgan fingerprint density at radius 3 is 2.70 bits per heavy atom. The van der Waals surface area contributed by atoms with Gasteiger partial charge in [0.2, 0.25) is 0 Å². The van der Waals surface area contributed by atoms with E-state index in [1.807, 2.05) is 6.92 Å². The van der Waals surface area contributed by atoms with Crippen LogP contribution in [0.15, 0.2) is 12.2 Å². The molecule has 0 aliphatic rings. The molecule has 1 N–H and O–H groups in total. The molecule has 0 aliphatic heterocycles. The molecule has 58 valence electrons. The molecule has 0 rings (SSSR count). The molecular formula is C7H12O3. The lowest BCUT2D eigenvalue weighted by molar-refractivity contribution is -0.138. The Bertz CT molecular complexity index is 113. The lowest BCUT2D eigenvalue weighted by Crippen LogP contribution is -2.03. The lowest BCUT2D eigenvalue weighted by Gasteiger charge is -1.99. The summed E-state index contributed by atoms with van der Waals surface area (Å²) in [6.07, 6.45) is 0.0628. The van der Waals surface area contributed by atoms with Gasteiger partial charge in [0.25, 0.3) is 0 Å². The zero-order valence-electron chi connectivity index (χ0n) is 6.09.